The van der Waals surface area contributed by atoms with Gasteiger partial charge < -0.3 is 15.2 Å². The lowest BCUT2D eigenvalue weighted by molar-refractivity contribution is -0.386. The van der Waals surface area contributed by atoms with Gasteiger partial charge in [-0.15, -0.1) is 11.3 Å². The van der Waals surface area contributed by atoms with Gasteiger partial charge in [0.15, 0.2) is 11.6 Å². The third-order valence-electron chi connectivity index (χ3n) is 3.99. The van der Waals surface area contributed by atoms with Crippen molar-refractivity contribution in [2.45, 2.75) is 27.4 Å². The molecular weight excluding hydrogens is 384 g/mol. The van der Waals surface area contributed by atoms with Gasteiger partial charge in [-0.25, -0.2) is 14.8 Å². The summed E-state index contributed by atoms with van der Waals surface area (Å²) in [4.78, 5) is 32.3. The lowest BCUT2D eigenvalue weighted by Gasteiger charge is -2.07. The van der Waals surface area contributed by atoms with Crippen molar-refractivity contribution in [3.8, 4) is 5.75 Å². The third-order valence-corrected chi connectivity index (χ3v) is 5.16. The highest BCUT2D eigenvalue weighted by Crippen LogP contribution is 2.33. The number of anilines is 1. The number of aryl methyl sites for hydroxylation is 2. The number of esters is 1. The molecule has 0 aliphatic carbocycles. The molecule has 2 N–H and O–H groups in total. The van der Waals surface area contributed by atoms with Crippen molar-refractivity contribution >= 4 is 39.0 Å². The van der Waals surface area contributed by atoms with Crippen LogP contribution in [0.3, 0.4) is 0 Å². The fourth-order valence-corrected chi connectivity index (χ4v) is 3.81. The third kappa shape index (κ3) is 3.72. The Balaban J connectivity index is 1.91. The minimum atomic E-state index is -0.505. The van der Waals surface area contributed by atoms with Crippen LogP contribution in [0.25, 0.3) is 10.2 Å². The van der Waals surface area contributed by atoms with Gasteiger partial charge in [0.05, 0.1) is 16.9 Å². The van der Waals surface area contributed by atoms with Crippen molar-refractivity contribution in [1.29, 1.82) is 0 Å². The molecule has 0 spiro atoms. The lowest BCUT2D eigenvalue weighted by atomic mass is 10.2. The largest absolute Gasteiger partial charge is 0.479 e. The second-order valence-corrected chi connectivity index (χ2v) is 7.00. The molecule has 146 valence electrons. The fraction of sp³-hybridized carbons (Fsp3) is 0.278. The molecule has 10 heteroatoms. The van der Waals surface area contributed by atoms with Crippen LogP contribution in [0.15, 0.2) is 18.2 Å². The molecule has 2 aromatic heterocycles. The number of rotatable bonds is 6. The molecule has 0 atom stereocenters. The van der Waals surface area contributed by atoms with E-state index in [9.17, 15) is 14.9 Å². The first-order valence-electron chi connectivity index (χ1n) is 8.42. The summed E-state index contributed by atoms with van der Waals surface area (Å²) < 4.78 is 10.6. The van der Waals surface area contributed by atoms with Crippen molar-refractivity contribution in [2.24, 2.45) is 0 Å². The molecule has 0 radical (unpaired) electrons. The summed E-state index contributed by atoms with van der Waals surface area (Å²) in [6.45, 7) is 5.41. The van der Waals surface area contributed by atoms with Gasteiger partial charge in [-0.05, 0) is 38.0 Å². The summed E-state index contributed by atoms with van der Waals surface area (Å²) in [7, 11) is 0. The maximum atomic E-state index is 12.1. The zero-order chi connectivity index (χ0) is 20.4. The zero-order valence-electron chi connectivity index (χ0n) is 15.5. The molecule has 0 bridgehead atoms. The number of nitro groups is 1. The van der Waals surface area contributed by atoms with E-state index in [1.54, 1.807) is 26.8 Å². The number of carbonyl (C=O) groups is 1. The van der Waals surface area contributed by atoms with E-state index >= 15 is 0 Å². The minimum absolute atomic E-state index is 0.101. The lowest BCUT2D eigenvalue weighted by Crippen LogP contribution is -2.06. The Labute approximate surface area is 164 Å². The van der Waals surface area contributed by atoms with E-state index in [-0.39, 0.29) is 36.3 Å². The molecule has 0 saturated heterocycles. The number of carbonyl (C=O) groups excluding carboxylic acids is 1. The maximum Gasteiger partial charge on any atom is 0.348 e. The Morgan fingerprint density at radius 2 is 2.07 bits per heavy atom. The number of thiophene rings is 1. The van der Waals surface area contributed by atoms with Gasteiger partial charge in [0.1, 0.15) is 22.1 Å². The van der Waals surface area contributed by atoms with Crippen molar-refractivity contribution in [3.05, 3.63) is 50.1 Å². The SMILES string of the molecule is CCOC(=O)c1sc2nc(COc3ccc(C)cc3[N+](=O)[O-])nc(N)c2c1C. The van der Waals surface area contributed by atoms with Gasteiger partial charge in [0.25, 0.3) is 0 Å². The van der Waals surface area contributed by atoms with Crippen LogP contribution in [-0.2, 0) is 11.3 Å². The Bertz CT molecular complexity index is 1080. The van der Waals surface area contributed by atoms with Gasteiger partial charge >= 0.3 is 11.7 Å². The standard InChI is InChI=1S/C18H18N4O5S/c1-4-26-18(23)15-10(3)14-16(19)20-13(21-17(14)28-15)8-27-12-6-5-9(2)7-11(12)22(24)25/h5-7H,4,8H2,1-3H3,(H2,19,20,21). The van der Waals surface area contributed by atoms with Gasteiger partial charge in [0, 0.05) is 6.07 Å². The molecule has 0 aliphatic heterocycles. The number of fused-ring (bicyclic) bond motifs is 1. The summed E-state index contributed by atoms with van der Waals surface area (Å²) in [5, 5.41) is 11.8. The van der Waals surface area contributed by atoms with Gasteiger partial charge in [-0.2, -0.15) is 0 Å². The zero-order valence-corrected chi connectivity index (χ0v) is 16.3. The van der Waals surface area contributed by atoms with E-state index < -0.39 is 10.9 Å². The number of nitrogens with zero attached hydrogens (tertiary/aromatic N) is 3. The Kier molecular flexibility index (Phi) is 5.41. The molecule has 0 amide bonds. The number of nitrogen functional groups attached to an aromatic ring is 1. The van der Waals surface area contributed by atoms with Gasteiger partial charge in [0.2, 0.25) is 0 Å². The number of hydrogen-bond acceptors (Lipinski definition) is 9. The van der Waals surface area contributed by atoms with Crippen molar-refractivity contribution in [1.82, 2.24) is 9.97 Å². The number of hydrogen-bond donors (Lipinski definition) is 1. The second-order valence-electron chi connectivity index (χ2n) is 6.00. The van der Waals surface area contributed by atoms with Crippen LogP contribution in [0, 0.1) is 24.0 Å². The average Bonchev–Trinajstić information content (AvgIpc) is 2.98. The van der Waals surface area contributed by atoms with Crippen LogP contribution in [0.4, 0.5) is 11.5 Å². The predicted octanol–water partition coefficient (Wildman–Crippen LogP) is 3.55. The smallest absolute Gasteiger partial charge is 0.348 e. The van der Waals surface area contributed by atoms with Crippen molar-refractivity contribution < 1.29 is 19.2 Å². The number of aromatic nitrogens is 2. The molecule has 2 heterocycles. The highest BCUT2D eigenvalue weighted by atomic mass is 32.1. The Morgan fingerprint density at radius 1 is 1.32 bits per heavy atom. The quantitative estimate of drug-likeness (QED) is 0.376. The number of nitrogens with two attached hydrogens (primary N) is 1. The van der Waals surface area contributed by atoms with Crippen LogP contribution in [0.5, 0.6) is 5.75 Å². The maximum absolute atomic E-state index is 12.1. The molecule has 28 heavy (non-hydrogen) atoms. The van der Waals surface area contributed by atoms with Crippen LogP contribution >= 0.6 is 11.3 Å². The highest BCUT2D eigenvalue weighted by molar-refractivity contribution is 7.20. The van der Waals surface area contributed by atoms with E-state index in [1.165, 1.54) is 12.1 Å². The molecule has 0 unspecified atom stereocenters. The van der Waals surface area contributed by atoms with Crippen LogP contribution in [0.2, 0.25) is 0 Å². The van der Waals surface area contributed by atoms with E-state index in [1.807, 2.05) is 0 Å². The van der Waals surface area contributed by atoms with E-state index in [0.717, 1.165) is 16.9 Å². The molecule has 9 nitrogen and oxygen atoms in total. The molecule has 1 aromatic carbocycles. The summed E-state index contributed by atoms with van der Waals surface area (Å²) in [5.74, 6) is 0.158. The number of ether oxygens (including phenoxy) is 2. The monoisotopic (exact) mass is 402 g/mol. The minimum Gasteiger partial charge on any atom is -0.479 e. The highest BCUT2D eigenvalue weighted by Gasteiger charge is 2.21. The first-order valence-corrected chi connectivity index (χ1v) is 9.24. The van der Waals surface area contributed by atoms with Gasteiger partial charge in [-0.1, -0.05) is 6.07 Å². The second kappa shape index (κ2) is 7.77. The fourth-order valence-electron chi connectivity index (χ4n) is 2.71. The molecule has 3 rings (SSSR count). The van der Waals surface area contributed by atoms with Crippen molar-refractivity contribution in [3.63, 3.8) is 0 Å². The topological polar surface area (TPSA) is 130 Å². The summed E-state index contributed by atoms with van der Waals surface area (Å²) >= 11 is 1.16. The number of nitro benzene ring substituents is 1. The molecular formula is C18H18N4O5S. The predicted molar refractivity (Wildman–Crippen MR) is 105 cm³/mol. The summed E-state index contributed by atoms with van der Waals surface area (Å²) in [6.07, 6.45) is 0. The Morgan fingerprint density at radius 3 is 2.75 bits per heavy atom. The average molecular weight is 402 g/mol. The summed E-state index contributed by atoms with van der Waals surface area (Å²) in [5.41, 5.74) is 7.33. The van der Waals surface area contributed by atoms with Crippen LogP contribution in [0.1, 0.15) is 33.5 Å². The molecule has 3 aromatic rings. The van der Waals surface area contributed by atoms with Crippen molar-refractivity contribution in [2.75, 3.05) is 12.3 Å². The van der Waals surface area contributed by atoms with Gasteiger partial charge in [-0.3, -0.25) is 10.1 Å². The van der Waals surface area contributed by atoms with E-state index in [0.29, 0.717) is 20.7 Å². The van der Waals surface area contributed by atoms with E-state index in [2.05, 4.69) is 9.97 Å². The molecule has 0 saturated carbocycles. The summed E-state index contributed by atoms with van der Waals surface area (Å²) in [6, 6.07) is 4.68. The first-order chi connectivity index (χ1) is 13.3. The normalized spacial score (nSPS) is 10.8. The van der Waals surface area contributed by atoms with E-state index in [4.69, 9.17) is 15.2 Å². The van der Waals surface area contributed by atoms with Crippen LogP contribution in [-0.4, -0.2) is 27.5 Å². The molecule has 0 fully saturated rings. The first kappa shape index (κ1) is 19.5. The Hall–Kier alpha value is -3.27. The number of benzene rings is 1. The molecule has 0 aliphatic rings. The van der Waals surface area contributed by atoms with Crippen LogP contribution < -0.4 is 10.5 Å².